The first-order valence-electron chi connectivity index (χ1n) is 5.07. The molecule has 0 saturated carbocycles. The van der Waals surface area contributed by atoms with Crippen molar-refractivity contribution in [3.05, 3.63) is 40.3 Å². The lowest BCUT2D eigenvalue weighted by Crippen LogP contribution is -1.97. The Morgan fingerprint density at radius 2 is 2.24 bits per heavy atom. The summed E-state index contributed by atoms with van der Waals surface area (Å²) in [7, 11) is 1.64. The molecule has 0 aliphatic rings. The molecule has 1 heterocycles. The van der Waals surface area contributed by atoms with Gasteiger partial charge in [0.25, 0.3) is 0 Å². The summed E-state index contributed by atoms with van der Waals surface area (Å²) in [5, 5.41) is 3.69. The van der Waals surface area contributed by atoms with Crippen molar-refractivity contribution in [3.63, 3.8) is 0 Å². The monoisotopic (exact) mass is 313 g/mol. The van der Waals surface area contributed by atoms with Crippen molar-refractivity contribution >= 4 is 27.3 Å². The van der Waals surface area contributed by atoms with Crippen LogP contribution >= 0.6 is 27.3 Å². The van der Waals surface area contributed by atoms with E-state index in [0.29, 0.717) is 6.61 Å². The number of nitrogens with zero attached hydrogens (tertiary/aromatic N) is 1. The molecule has 0 saturated heterocycles. The summed E-state index contributed by atoms with van der Waals surface area (Å²) >= 11 is 5.00. The van der Waals surface area contributed by atoms with Gasteiger partial charge in [0.1, 0.15) is 11.6 Å². The van der Waals surface area contributed by atoms with Crippen molar-refractivity contribution in [1.29, 1.82) is 0 Å². The minimum Gasteiger partial charge on any atom is -0.493 e. The average molecular weight is 314 g/mol. The number of hydrogen-bond acceptors (Lipinski definition) is 4. The van der Waals surface area contributed by atoms with E-state index in [0.717, 1.165) is 27.4 Å². The topological polar surface area (TPSA) is 31.4 Å². The fourth-order valence-corrected chi connectivity index (χ4v) is 2.26. The van der Waals surface area contributed by atoms with Gasteiger partial charge < -0.3 is 9.47 Å². The molecule has 5 heteroatoms. The van der Waals surface area contributed by atoms with Crippen molar-refractivity contribution < 1.29 is 9.47 Å². The van der Waals surface area contributed by atoms with Crippen molar-refractivity contribution in [2.45, 2.75) is 11.9 Å². The number of aromatic nitrogens is 1. The molecule has 0 N–H and O–H groups in total. The summed E-state index contributed by atoms with van der Waals surface area (Å²) in [6.07, 6.45) is 1.77. The van der Waals surface area contributed by atoms with E-state index in [2.05, 4.69) is 20.9 Å². The molecule has 0 radical (unpaired) electrons. The van der Waals surface area contributed by atoms with E-state index in [1.165, 1.54) is 0 Å². The number of alkyl halides is 1. The van der Waals surface area contributed by atoms with E-state index in [4.69, 9.17) is 9.47 Å². The molecule has 2 rings (SSSR count). The zero-order chi connectivity index (χ0) is 12.1. The highest BCUT2D eigenvalue weighted by atomic mass is 79.9. The third-order valence-electron chi connectivity index (χ3n) is 2.22. The van der Waals surface area contributed by atoms with Crippen LogP contribution in [0.1, 0.15) is 10.6 Å². The zero-order valence-corrected chi connectivity index (χ0v) is 11.8. The molecular formula is C12H12BrNO2S. The Labute approximate surface area is 113 Å². The van der Waals surface area contributed by atoms with Gasteiger partial charge in [-0.25, -0.2) is 4.98 Å². The fourth-order valence-electron chi connectivity index (χ4n) is 1.38. The molecule has 1 aromatic carbocycles. The van der Waals surface area contributed by atoms with Gasteiger partial charge in [-0.3, -0.25) is 0 Å². The highest BCUT2D eigenvalue weighted by Gasteiger charge is 2.06. The van der Waals surface area contributed by atoms with E-state index in [1.54, 1.807) is 24.6 Å². The van der Waals surface area contributed by atoms with Gasteiger partial charge in [0.15, 0.2) is 11.5 Å². The van der Waals surface area contributed by atoms with Crippen LogP contribution in [-0.4, -0.2) is 12.1 Å². The molecule has 3 nitrogen and oxygen atoms in total. The second kappa shape index (κ2) is 6.02. The Bertz CT molecular complexity index is 473. The predicted molar refractivity (Wildman–Crippen MR) is 72.1 cm³/mol. The standard InChI is InChI=1S/C12H12BrNO2S/c1-15-10-3-2-9(7-13)6-11(10)16-8-12-14-4-5-17-12/h2-6H,7-8H2,1H3. The van der Waals surface area contributed by atoms with Crippen molar-refractivity contribution in [3.8, 4) is 11.5 Å². The first kappa shape index (κ1) is 12.4. The molecule has 0 bridgehead atoms. The van der Waals surface area contributed by atoms with Crippen LogP contribution < -0.4 is 9.47 Å². The second-order valence-corrected chi connectivity index (χ2v) is 4.87. The van der Waals surface area contributed by atoms with E-state index >= 15 is 0 Å². The first-order valence-corrected chi connectivity index (χ1v) is 7.07. The number of halogens is 1. The molecule has 17 heavy (non-hydrogen) atoms. The van der Waals surface area contributed by atoms with Gasteiger partial charge in [0, 0.05) is 16.9 Å². The fraction of sp³-hybridized carbons (Fsp3) is 0.250. The van der Waals surface area contributed by atoms with Crippen LogP contribution in [0.25, 0.3) is 0 Å². The summed E-state index contributed by atoms with van der Waals surface area (Å²) < 4.78 is 11.0. The van der Waals surface area contributed by atoms with Crippen molar-refractivity contribution in [1.82, 2.24) is 4.98 Å². The number of benzene rings is 1. The normalized spacial score (nSPS) is 10.2. The lowest BCUT2D eigenvalue weighted by Gasteiger charge is -2.10. The van der Waals surface area contributed by atoms with Crippen LogP contribution in [0, 0.1) is 0 Å². The molecule has 90 valence electrons. The lowest BCUT2D eigenvalue weighted by atomic mass is 10.2. The maximum absolute atomic E-state index is 5.72. The SMILES string of the molecule is COc1ccc(CBr)cc1OCc1nccs1. The number of hydrogen-bond donors (Lipinski definition) is 0. The summed E-state index contributed by atoms with van der Waals surface area (Å²) in [5.74, 6) is 1.49. The van der Waals surface area contributed by atoms with Gasteiger partial charge in [0.05, 0.1) is 7.11 Å². The van der Waals surface area contributed by atoms with Crippen molar-refractivity contribution in [2.24, 2.45) is 0 Å². The summed E-state index contributed by atoms with van der Waals surface area (Å²) in [4.78, 5) is 4.17. The summed E-state index contributed by atoms with van der Waals surface area (Å²) in [5.41, 5.74) is 1.15. The number of ether oxygens (including phenoxy) is 2. The Morgan fingerprint density at radius 1 is 1.35 bits per heavy atom. The van der Waals surface area contributed by atoms with Crippen LogP contribution in [0.15, 0.2) is 29.8 Å². The first-order chi connectivity index (χ1) is 8.33. The minimum absolute atomic E-state index is 0.472. The third-order valence-corrected chi connectivity index (χ3v) is 3.62. The lowest BCUT2D eigenvalue weighted by molar-refractivity contribution is 0.284. The minimum atomic E-state index is 0.472. The molecule has 2 aromatic rings. The van der Waals surface area contributed by atoms with Crippen LogP contribution in [0.5, 0.6) is 11.5 Å². The van der Waals surface area contributed by atoms with Gasteiger partial charge in [-0.15, -0.1) is 11.3 Å². The molecule has 0 aliphatic carbocycles. The quantitative estimate of drug-likeness (QED) is 0.790. The number of thiazole rings is 1. The van der Waals surface area contributed by atoms with Gasteiger partial charge in [0.2, 0.25) is 0 Å². The summed E-state index contributed by atoms with van der Waals surface area (Å²) in [6, 6.07) is 5.89. The highest BCUT2D eigenvalue weighted by Crippen LogP contribution is 2.29. The van der Waals surface area contributed by atoms with Gasteiger partial charge in [-0.1, -0.05) is 22.0 Å². The maximum Gasteiger partial charge on any atom is 0.162 e. The Balaban J connectivity index is 2.12. The Kier molecular flexibility index (Phi) is 4.39. The van der Waals surface area contributed by atoms with E-state index in [1.807, 2.05) is 23.6 Å². The largest absolute Gasteiger partial charge is 0.493 e. The molecular weight excluding hydrogens is 302 g/mol. The molecule has 0 fully saturated rings. The van der Waals surface area contributed by atoms with E-state index in [9.17, 15) is 0 Å². The predicted octanol–water partition coefficient (Wildman–Crippen LogP) is 3.63. The maximum atomic E-state index is 5.72. The van der Waals surface area contributed by atoms with Crippen molar-refractivity contribution in [2.75, 3.05) is 7.11 Å². The van der Waals surface area contributed by atoms with Crippen LogP contribution in [0.2, 0.25) is 0 Å². The van der Waals surface area contributed by atoms with Crippen LogP contribution in [0.3, 0.4) is 0 Å². The molecule has 0 spiro atoms. The van der Waals surface area contributed by atoms with Crippen LogP contribution in [-0.2, 0) is 11.9 Å². The molecule has 0 amide bonds. The Hall–Kier alpha value is -1.07. The van der Waals surface area contributed by atoms with E-state index in [-0.39, 0.29) is 0 Å². The zero-order valence-electron chi connectivity index (χ0n) is 9.35. The number of methoxy groups -OCH3 is 1. The van der Waals surface area contributed by atoms with Gasteiger partial charge in [-0.2, -0.15) is 0 Å². The average Bonchev–Trinajstić information content (AvgIpc) is 2.89. The highest BCUT2D eigenvalue weighted by molar-refractivity contribution is 9.08. The van der Waals surface area contributed by atoms with Gasteiger partial charge in [-0.05, 0) is 17.7 Å². The molecule has 0 aliphatic heterocycles. The van der Waals surface area contributed by atoms with E-state index < -0.39 is 0 Å². The molecule has 0 unspecified atom stereocenters. The second-order valence-electron chi connectivity index (χ2n) is 3.33. The summed E-state index contributed by atoms with van der Waals surface area (Å²) in [6.45, 7) is 0.472. The Morgan fingerprint density at radius 3 is 2.88 bits per heavy atom. The van der Waals surface area contributed by atoms with Gasteiger partial charge >= 0.3 is 0 Å². The smallest absolute Gasteiger partial charge is 0.162 e. The molecule has 0 atom stereocenters. The molecule has 1 aromatic heterocycles. The van der Waals surface area contributed by atoms with Crippen LogP contribution in [0.4, 0.5) is 0 Å². The third kappa shape index (κ3) is 3.20. The number of rotatable bonds is 5.